The van der Waals surface area contributed by atoms with E-state index in [0.29, 0.717) is 6.54 Å². The Balaban J connectivity index is 0.00000225. The number of carbonyl (C=O) groups excluding carboxylic acids is 1. The van der Waals surface area contributed by atoms with Crippen LogP contribution in [-0.2, 0) is 4.79 Å². The third kappa shape index (κ3) is 9.35. The highest BCUT2D eigenvalue weighted by Gasteiger charge is 2.21. The van der Waals surface area contributed by atoms with Gasteiger partial charge in [-0.05, 0) is 44.4 Å². The molecule has 1 aromatic carbocycles. The molecule has 2 aliphatic rings. The minimum absolute atomic E-state index is 0. The van der Waals surface area contributed by atoms with E-state index in [2.05, 4.69) is 57.7 Å². The van der Waals surface area contributed by atoms with Gasteiger partial charge in [0.25, 0.3) is 0 Å². The van der Waals surface area contributed by atoms with E-state index in [1.165, 1.54) is 18.5 Å². The van der Waals surface area contributed by atoms with E-state index < -0.39 is 0 Å². The van der Waals surface area contributed by atoms with Gasteiger partial charge in [0.15, 0.2) is 0 Å². The van der Waals surface area contributed by atoms with Crippen molar-refractivity contribution in [2.75, 3.05) is 50.7 Å². The first-order valence-corrected chi connectivity index (χ1v) is 9.23. The Kier molecular flexibility index (Phi) is 13.1. The minimum Gasteiger partial charge on any atom is -0.369 e. The summed E-state index contributed by atoms with van der Waals surface area (Å²) in [6, 6.07) is 10.8. The Labute approximate surface area is 181 Å². The fourth-order valence-electron chi connectivity index (χ4n) is 3.30. The minimum atomic E-state index is 0. The molecule has 1 saturated carbocycles. The van der Waals surface area contributed by atoms with Crippen molar-refractivity contribution in [1.82, 2.24) is 15.5 Å². The summed E-state index contributed by atoms with van der Waals surface area (Å²) in [5.41, 5.74) is 1.31. The van der Waals surface area contributed by atoms with Gasteiger partial charge in [-0.2, -0.15) is 0 Å². The molecule has 0 spiro atoms. The number of para-hydroxylation sites is 1. The Morgan fingerprint density at radius 2 is 1.70 bits per heavy atom. The van der Waals surface area contributed by atoms with Crippen LogP contribution in [0.1, 0.15) is 19.8 Å². The molecular weight excluding hydrogens is 407 g/mol. The summed E-state index contributed by atoms with van der Waals surface area (Å²) in [5.74, 6) is 0.933. The molecular formula is C19H33Cl3N4O. The van der Waals surface area contributed by atoms with Crippen molar-refractivity contribution in [3.05, 3.63) is 30.3 Å². The van der Waals surface area contributed by atoms with Crippen LogP contribution < -0.4 is 15.5 Å². The van der Waals surface area contributed by atoms with E-state index in [1.807, 2.05) is 0 Å². The average molecular weight is 440 g/mol. The zero-order valence-corrected chi connectivity index (χ0v) is 18.4. The standard InChI is InChI=1S/C19H30N4O.3ClH/c1-16(21-19(24)14-20-13-17-7-8-17)15-22-9-11-23(12-10-22)18-5-3-2-4-6-18;;;/h2-6,16-17,20H,7-15H2,1H3,(H,21,24);3*1H. The van der Waals surface area contributed by atoms with Gasteiger partial charge in [-0.15, -0.1) is 37.2 Å². The summed E-state index contributed by atoms with van der Waals surface area (Å²) in [5, 5.41) is 6.36. The topological polar surface area (TPSA) is 47.6 Å². The van der Waals surface area contributed by atoms with Crippen LogP contribution in [0.3, 0.4) is 0 Å². The Morgan fingerprint density at radius 3 is 2.30 bits per heavy atom. The molecule has 5 nitrogen and oxygen atoms in total. The molecule has 1 aromatic rings. The van der Waals surface area contributed by atoms with Crippen molar-refractivity contribution >= 4 is 48.8 Å². The number of amides is 1. The van der Waals surface area contributed by atoms with Gasteiger partial charge in [0, 0.05) is 44.5 Å². The number of benzene rings is 1. The SMILES string of the molecule is CC(CN1CCN(c2ccccc2)CC1)NC(=O)CNCC1CC1.Cl.Cl.Cl. The van der Waals surface area contributed by atoms with Gasteiger partial charge in [-0.25, -0.2) is 0 Å². The Hall–Kier alpha value is -0.720. The highest BCUT2D eigenvalue weighted by atomic mass is 35.5. The molecule has 3 rings (SSSR count). The van der Waals surface area contributed by atoms with Crippen molar-refractivity contribution in [2.45, 2.75) is 25.8 Å². The van der Waals surface area contributed by atoms with Crippen LogP contribution in [0.5, 0.6) is 0 Å². The lowest BCUT2D eigenvalue weighted by atomic mass is 10.2. The fourth-order valence-corrected chi connectivity index (χ4v) is 3.30. The summed E-state index contributed by atoms with van der Waals surface area (Å²) in [6.45, 7) is 8.66. The van der Waals surface area contributed by atoms with Crippen LogP contribution in [0, 0.1) is 5.92 Å². The van der Waals surface area contributed by atoms with Crippen LogP contribution in [-0.4, -0.2) is 62.7 Å². The van der Waals surface area contributed by atoms with Crippen LogP contribution in [0.4, 0.5) is 5.69 Å². The van der Waals surface area contributed by atoms with Crippen molar-refractivity contribution in [2.24, 2.45) is 5.92 Å². The smallest absolute Gasteiger partial charge is 0.234 e. The second-order valence-electron chi connectivity index (χ2n) is 7.17. The maximum atomic E-state index is 11.9. The van der Waals surface area contributed by atoms with Crippen molar-refractivity contribution in [1.29, 1.82) is 0 Å². The number of anilines is 1. The average Bonchev–Trinajstić information content (AvgIpc) is 3.40. The van der Waals surface area contributed by atoms with Gasteiger partial charge in [-0.1, -0.05) is 18.2 Å². The van der Waals surface area contributed by atoms with Gasteiger partial charge in [0.05, 0.1) is 6.54 Å². The molecule has 0 radical (unpaired) electrons. The third-order valence-corrected chi connectivity index (χ3v) is 4.85. The molecule has 1 aliphatic carbocycles. The molecule has 8 heteroatoms. The normalized spacial score (nSPS) is 17.7. The van der Waals surface area contributed by atoms with E-state index in [9.17, 15) is 4.79 Å². The van der Waals surface area contributed by atoms with Gasteiger partial charge in [-0.3, -0.25) is 9.69 Å². The molecule has 2 fully saturated rings. The number of rotatable bonds is 8. The predicted octanol–water partition coefficient (Wildman–Crippen LogP) is 2.58. The molecule has 156 valence electrons. The number of nitrogens with zero attached hydrogens (tertiary/aromatic N) is 2. The van der Waals surface area contributed by atoms with Crippen molar-refractivity contribution < 1.29 is 4.79 Å². The van der Waals surface area contributed by atoms with E-state index in [-0.39, 0.29) is 49.2 Å². The van der Waals surface area contributed by atoms with E-state index in [4.69, 9.17) is 0 Å². The zero-order valence-electron chi connectivity index (χ0n) is 15.9. The fraction of sp³-hybridized carbons (Fsp3) is 0.632. The number of hydrogen-bond acceptors (Lipinski definition) is 4. The lowest BCUT2D eigenvalue weighted by molar-refractivity contribution is -0.120. The third-order valence-electron chi connectivity index (χ3n) is 4.85. The van der Waals surface area contributed by atoms with Gasteiger partial charge in [0.2, 0.25) is 5.91 Å². The van der Waals surface area contributed by atoms with Crippen molar-refractivity contribution in [3.63, 3.8) is 0 Å². The highest BCUT2D eigenvalue weighted by molar-refractivity contribution is 5.86. The van der Waals surface area contributed by atoms with Gasteiger partial charge >= 0.3 is 0 Å². The molecule has 1 atom stereocenters. The molecule has 1 unspecified atom stereocenters. The quantitative estimate of drug-likeness (QED) is 0.653. The predicted molar refractivity (Wildman–Crippen MR) is 120 cm³/mol. The number of hydrogen-bond donors (Lipinski definition) is 2. The molecule has 1 heterocycles. The molecule has 27 heavy (non-hydrogen) atoms. The van der Waals surface area contributed by atoms with Gasteiger partial charge < -0.3 is 15.5 Å². The van der Waals surface area contributed by atoms with Crippen LogP contribution in [0.15, 0.2) is 30.3 Å². The number of nitrogens with one attached hydrogen (secondary N) is 2. The number of carbonyl (C=O) groups is 1. The Bertz CT molecular complexity index is 523. The molecule has 2 N–H and O–H groups in total. The first-order valence-electron chi connectivity index (χ1n) is 9.23. The second-order valence-corrected chi connectivity index (χ2v) is 7.17. The lowest BCUT2D eigenvalue weighted by Gasteiger charge is -2.37. The van der Waals surface area contributed by atoms with Crippen LogP contribution >= 0.6 is 37.2 Å². The molecule has 1 saturated heterocycles. The monoisotopic (exact) mass is 438 g/mol. The maximum absolute atomic E-state index is 11.9. The van der Waals surface area contributed by atoms with Crippen LogP contribution in [0.2, 0.25) is 0 Å². The summed E-state index contributed by atoms with van der Waals surface area (Å²) in [4.78, 5) is 16.8. The van der Waals surface area contributed by atoms with Gasteiger partial charge in [0.1, 0.15) is 0 Å². The number of halogens is 3. The summed E-state index contributed by atoms with van der Waals surface area (Å²) >= 11 is 0. The summed E-state index contributed by atoms with van der Waals surface area (Å²) in [6.07, 6.45) is 2.64. The largest absolute Gasteiger partial charge is 0.369 e. The number of piperazine rings is 1. The van der Waals surface area contributed by atoms with Crippen molar-refractivity contribution in [3.8, 4) is 0 Å². The summed E-state index contributed by atoms with van der Waals surface area (Å²) in [7, 11) is 0. The highest BCUT2D eigenvalue weighted by Crippen LogP contribution is 2.27. The van der Waals surface area contributed by atoms with E-state index in [0.717, 1.165) is 45.2 Å². The summed E-state index contributed by atoms with van der Waals surface area (Å²) < 4.78 is 0. The zero-order chi connectivity index (χ0) is 16.8. The van der Waals surface area contributed by atoms with E-state index in [1.54, 1.807) is 0 Å². The molecule has 1 amide bonds. The maximum Gasteiger partial charge on any atom is 0.234 e. The molecule has 0 aromatic heterocycles. The molecule has 0 bridgehead atoms. The lowest BCUT2D eigenvalue weighted by Crippen LogP contribution is -2.51. The second kappa shape index (κ2) is 13.5. The molecule has 1 aliphatic heterocycles. The van der Waals surface area contributed by atoms with E-state index >= 15 is 0 Å². The first-order chi connectivity index (χ1) is 11.7. The van der Waals surface area contributed by atoms with Crippen LogP contribution in [0.25, 0.3) is 0 Å². The Morgan fingerprint density at radius 1 is 1.07 bits per heavy atom. The first kappa shape index (κ1) is 26.3.